The highest BCUT2D eigenvalue weighted by atomic mass is 16.2. The highest BCUT2D eigenvalue weighted by molar-refractivity contribution is 5.93. The van der Waals surface area contributed by atoms with Gasteiger partial charge in [0.25, 0.3) is 0 Å². The average Bonchev–Trinajstić information content (AvgIpc) is 2.28. The van der Waals surface area contributed by atoms with E-state index in [-0.39, 0.29) is 11.8 Å². The van der Waals surface area contributed by atoms with Crippen molar-refractivity contribution in [2.24, 2.45) is 11.7 Å². The standard InChI is InChI=1S/C11H17N3O/c1-9(6-7-12)11(15)14(2)10-5-3-4-8-13-10/h3-5,8-9H,6-7,12H2,1-2H3. The Labute approximate surface area is 90.1 Å². The van der Waals surface area contributed by atoms with Gasteiger partial charge in [-0.05, 0) is 25.1 Å². The first-order valence-electron chi connectivity index (χ1n) is 5.05. The van der Waals surface area contributed by atoms with Crippen LogP contribution < -0.4 is 10.6 Å². The second-order valence-corrected chi connectivity index (χ2v) is 3.56. The highest BCUT2D eigenvalue weighted by Crippen LogP contribution is 2.12. The van der Waals surface area contributed by atoms with Gasteiger partial charge >= 0.3 is 0 Å². The maximum atomic E-state index is 11.9. The lowest BCUT2D eigenvalue weighted by Gasteiger charge is -2.19. The zero-order valence-corrected chi connectivity index (χ0v) is 9.18. The zero-order valence-electron chi connectivity index (χ0n) is 9.18. The second kappa shape index (κ2) is 5.46. The minimum Gasteiger partial charge on any atom is -0.330 e. The first-order chi connectivity index (χ1) is 7.16. The van der Waals surface area contributed by atoms with E-state index in [1.54, 1.807) is 18.1 Å². The minimum absolute atomic E-state index is 0.0537. The van der Waals surface area contributed by atoms with Gasteiger partial charge < -0.3 is 5.73 Å². The van der Waals surface area contributed by atoms with Gasteiger partial charge in [-0.3, -0.25) is 9.69 Å². The van der Waals surface area contributed by atoms with Crippen molar-refractivity contribution in [3.05, 3.63) is 24.4 Å². The number of nitrogens with zero attached hydrogens (tertiary/aromatic N) is 2. The minimum atomic E-state index is -0.0537. The van der Waals surface area contributed by atoms with Gasteiger partial charge in [0.2, 0.25) is 5.91 Å². The lowest BCUT2D eigenvalue weighted by Crippen LogP contribution is -2.33. The fourth-order valence-corrected chi connectivity index (χ4v) is 1.37. The van der Waals surface area contributed by atoms with Crippen LogP contribution in [0.2, 0.25) is 0 Å². The molecule has 1 amide bonds. The van der Waals surface area contributed by atoms with Crippen LogP contribution in [0, 0.1) is 5.92 Å². The molecule has 0 saturated heterocycles. The third kappa shape index (κ3) is 3.02. The largest absolute Gasteiger partial charge is 0.330 e. The number of nitrogens with two attached hydrogens (primary N) is 1. The van der Waals surface area contributed by atoms with Crippen molar-refractivity contribution >= 4 is 11.7 Å². The van der Waals surface area contributed by atoms with Crippen molar-refractivity contribution in [3.8, 4) is 0 Å². The molecule has 1 unspecified atom stereocenters. The third-order valence-corrected chi connectivity index (χ3v) is 2.34. The topological polar surface area (TPSA) is 59.2 Å². The summed E-state index contributed by atoms with van der Waals surface area (Å²) in [6.07, 6.45) is 2.38. The van der Waals surface area contributed by atoms with Gasteiger partial charge in [-0.25, -0.2) is 4.98 Å². The Morgan fingerprint density at radius 2 is 2.33 bits per heavy atom. The molecule has 4 heteroatoms. The molecule has 0 spiro atoms. The van der Waals surface area contributed by atoms with Gasteiger partial charge in [-0.2, -0.15) is 0 Å². The van der Waals surface area contributed by atoms with E-state index in [0.29, 0.717) is 18.8 Å². The van der Waals surface area contributed by atoms with E-state index in [4.69, 9.17) is 5.73 Å². The molecule has 2 N–H and O–H groups in total. The molecular weight excluding hydrogens is 190 g/mol. The quantitative estimate of drug-likeness (QED) is 0.802. The predicted octanol–water partition coefficient (Wildman–Crippen LogP) is 1.03. The molecule has 0 radical (unpaired) electrons. The fraction of sp³-hybridized carbons (Fsp3) is 0.455. The summed E-state index contributed by atoms with van der Waals surface area (Å²) in [5.74, 6) is 0.674. The summed E-state index contributed by atoms with van der Waals surface area (Å²) in [4.78, 5) is 17.5. The number of hydrogen-bond donors (Lipinski definition) is 1. The number of carbonyl (C=O) groups excluding carboxylic acids is 1. The number of carbonyl (C=O) groups is 1. The molecule has 0 aliphatic carbocycles. The molecule has 4 nitrogen and oxygen atoms in total. The smallest absolute Gasteiger partial charge is 0.230 e. The van der Waals surface area contributed by atoms with Gasteiger partial charge in [-0.1, -0.05) is 13.0 Å². The molecule has 1 rings (SSSR count). The van der Waals surface area contributed by atoms with Gasteiger partial charge in [0.05, 0.1) is 0 Å². The van der Waals surface area contributed by atoms with Crippen LogP contribution in [0.1, 0.15) is 13.3 Å². The van der Waals surface area contributed by atoms with Crippen LogP contribution in [-0.4, -0.2) is 24.5 Å². The van der Waals surface area contributed by atoms with E-state index in [0.717, 1.165) is 0 Å². The van der Waals surface area contributed by atoms with Crippen molar-refractivity contribution in [3.63, 3.8) is 0 Å². The molecule has 1 aromatic rings. The number of hydrogen-bond acceptors (Lipinski definition) is 3. The number of amides is 1. The Morgan fingerprint density at radius 1 is 1.60 bits per heavy atom. The lowest BCUT2D eigenvalue weighted by atomic mass is 10.1. The maximum absolute atomic E-state index is 11.9. The van der Waals surface area contributed by atoms with E-state index in [1.807, 2.05) is 25.1 Å². The van der Waals surface area contributed by atoms with Crippen LogP contribution in [-0.2, 0) is 4.79 Å². The van der Waals surface area contributed by atoms with E-state index < -0.39 is 0 Å². The maximum Gasteiger partial charge on any atom is 0.230 e. The molecule has 0 aliphatic heterocycles. The van der Waals surface area contributed by atoms with Gasteiger partial charge in [0.1, 0.15) is 5.82 Å². The van der Waals surface area contributed by atoms with Crippen LogP contribution in [0.25, 0.3) is 0 Å². The number of rotatable bonds is 4. The molecule has 0 fully saturated rings. The Morgan fingerprint density at radius 3 is 2.87 bits per heavy atom. The van der Waals surface area contributed by atoms with Crippen molar-refractivity contribution in [2.45, 2.75) is 13.3 Å². The summed E-state index contributed by atoms with van der Waals surface area (Å²) < 4.78 is 0. The summed E-state index contributed by atoms with van der Waals surface area (Å²) in [6.45, 7) is 2.41. The van der Waals surface area contributed by atoms with Crippen molar-refractivity contribution in [1.29, 1.82) is 0 Å². The van der Waals surface area contributed by atoms with Crippen LogP contribution in [0.5, 0.6) is 0 Å². The highest BCUT2D eigenvalue weighted by Gasteiger charge is 2.18. The van der Waals surface area contributed by atoms with Crippen molar-refractivity contribution in [1.82, 2.24) is 4.98 Å². The number of anilines is 1. The molecule has 0 aliphatic rings. The Bertz CT molecular complexity index is 313. The summed E-state index contributed by atoms with van der Waals surface area (Å²) in [6, 6.07) is 5.50. The van der Waals surface area contributed by atoms with E-state index >= 15 is 0 Å². The SMILES string of the molecule is CC(CCN)C(=O)N(C)c1ccccn1. The Balaban J connectivity index is 2.69. The Kier molecular flexibility index (Phi) is 4.24. The summed E-state index contributed by atoms with van der Waals surface area (Å²) in [7, 11) is 1.73. The first-order valence-corrected chi connectivity index (χ1v) is 5.05. The van der Waals surface area contributed by atoms with Crippen molar-refractivity contribution in [2.75, 3.05) is 18.5 Å². The normalized spacial score (nSPS) is 12.2. The van der Waals surface area contributed by atoms with Crippen LogP contribution in [0.3, 0.4) is 0 Å². The molecular formula is C11H17N3O. The number of aromatic nitrogens is 1. The van der Waals surface area contributed by atoms with E-state index in [1.165, 1.54) is 0 Å². The molecule has 15 heavy (non-hydrogen) atoms. The molecule has 1 heterocycles. The molecule has 1 atom stereocenters. The predicted molar refractivity (Wildman–Crippen MR) is 60.5 cm³/mol. The third-order valence-electron chi connectivity index (χ3n) is 2.34. The van der Waals surface area contributed by atoms with Gasteiger partial charge in [0, 0.05) is 19.2 Å². The molecule has 1 aromatic heterocycles. The molecule has 0 saturated carbocycles. The second-order valence-electron chi connectivity index (χ2n) is 3.56. The van der Waals surface area contributed by atoms with Crippen LogP contribution in [0.4, 0.5) is 5.82 Å². The molecule has 82 valence electrons. The Hall–Kier alpha value is -1.42. The first kappa shape index (κ1) is 11.7. The molecule has 0 aromatic carbocycles. The van der Waals surface area contributed by atoms with E-state index in [9.17, 15) is 4.79 Å². The van der Waals surface area contributed by atoms with E-state index in [2.05, 4.69) is 4.98 Å². The summed E-state index contributed by atoms with van der Waals surface area (Å²) >= 11 is 0. The number of pyridine rings is 1. The summed E-state index contributed by atoms with van der Waals surface area (Å²) in [5, 5.41) is 0. The zero-order chi connectivity index (χ0) is 11.3. The van der Waals surface area contributed by atoms with Gasteiger partial charge in [0.15, 0.2) is 0 Å². The fourth-order valence-electron chi connectivity index (χ4n) is 1.37. The lowest BCUT2D eigenvalue weighted by molar-refractivity contribution is -0.121. The van der Waals surface area contributed by atoms with Crippen LogP contribution in [0.15, 0.2) is 24.4 Å². The van der Waals surface area contributed by atoms with Crippen molar-refractivity contribution < 1.29 is 4.79 Å². The van der Waals surface area contributed by atoms with Gasteiger partial charge in [-0.15, -0.1) is 0 Å². The monoisotopic (exact) mass is 207 g/mol. The average molecular weight is 207 g/mol. The van der Waals surface area contributed by atoms with Crippen LogP contribution >= 0.6 is 0 Å². The molecule has 0 bridgehead atoms. The summed E-state index contributed by atoms with van der Waals surface area (Å²) in [5.41, 5.74) is 5.42.